The van der Waals surface area contributed by atoms with Crippen molar-refractivity contribution in [1.82, 2.24) is 5.32 Å². The van der Waals surface area contributed by atoms with Gasteiger partial charge in [0.05, 0.1) is 0 Å². The molecule has 1 aromatic rings. The maximum Gasteiger partial charge on any atom is 0.130 e. The van der Waals surface area contributed by atoms with Crippen LogP contribution >= 0.6 is 0 Å². The van der Waals surface area contributed by atoms with Gasteiger partial charge in [0.2, 0.25) is 0 Å². The number of rotatable bonds is 3. The summed E-state index contributed by atoms with van der Waals surface area (Å²) in [5, 5.41) is 3.31. The van der Waals surface area contributed by atoms with Gasteiger partial charge in [0.25, 0.3) is 0 Å². The van der Waals surface area contributed by atoms with Crippen molar-refractivity contribution >= 4 is 0 Å². The maximum atomic E-state index is 13.3. The molecule has 0 unspecified atom stereocenters. The van der Waals surface area contributed by atoms with E-state index in [2.05, 4.69) is 12.2 Å². The summed E-state index contributed by atoms with van der Waals surface area (Å²) in [6, 6.07) is 3.73. The summed E-state index contributed by atoms with van der Waals surface area (Å²) >= 11 is 0. The van der Waals surface area contributed by atoms with Crippen LogP contribution in [-0.2, 0) is 6.54 Å². The van der Waals surface area contributed by atoms with Crippen LogP contribution in [-0.4, -0.2) is 5.54 Å². The molecule has 1 aromatic carbocycles. The van der Waals surface area contributed by atoms with E-state index in [1.165, 1.54) is 18.6 Å². The van der Waals surface area contributed by atoms with Crippen LogP contribution in [0.25, 0.3) is 0 Å². The van der Waals surface area contributed by atoms with E-state index in [1.54, 1.807) is 0 Å². The molecule has 1 N–H and O–H groups in total. The topological polar surface area (TPSA) is 12.0 Å². The van der Waals surface area contributed by atoms with Gasteiger partial charge in [-0.25, -0.2) is 8.78 Å². The molecule has 1 nitrogen and oxygen atoms in total. The second kappa shape index (κ2) is 3.89. The average Bonchev–Trinajstić information content (AvgIpc) is 2.14. The monoisotopic (exact) mass is 211 g/mol. The second-order valence-corrected chi connectivity index (χ2v) is 4.50. The van der Waals surface area contributed by atoms with Crippen LogP contribution in [0.5, 0.6) is 0 Å². The third kappa shape index (κ3) is 2.34. The fourth-order valence-corrected chi connectivity index (χ4v) is 1.86. The second-order valence-electron chi connectivity index (χ2n) is 4.50. The first-order chi connectivity index (χ1) is 7.09. The molecule has 1 saturated carbocycles. The standard InChI is InChI=1S/C12H15F2N/c1-12(5-2-6-12)15-8-9-3-4-10(13)7-11(9)14/h3-4,7,15H,2,5-6,8H2,1H3. The van der Waals surface area contributed by atoms with Crippen molar-refractivity contribution in [2.75, 3.05) is 0 Å². The molecule has 0 bridgehead atoms. The van der Waals surface area contributed by atoms with Gasteiger partial charge in [0, 0.05) is 23.7 Å². The van der Waals surface area contributed by atoms with Gasteiger partial charge < -0.3 is 5.32 Å². The molecule has 15 heavy (non-hydrogen) atoms. The summed E-state index contributed by atoms with van der Waals surface area (Å²) < 4.78 is 25.9. The van der Waals surface area contributed by atoms with E-state index in [1.807, 2.05) is 0 Å². The fraction of sp³-hybridized carbons (Fsp3) is 0.500. The molecule has 0 saturated heterocycles. The highest BCUT2D eigenvalue weighted by atomic mass is 19.1. The zero-order valence-corrected chi connectivity index (χ0v) is 8.82. The number of hydrogen-bond acceptors (Lipinski definition) is 1. The van der Waals surface area contributed by atoms with E-state index in [4.69, 9.17) is 0 Å². The summed E-state index contributed by atoms with van der Waals surface area (Å²) in [5.41, 5.74) is 0.686. The molecule has 0 heterocycles. The molecular weight excluding hydrogens is 196 g/mol. The first-order valence-corrected chi connectivity index (χ1v) is 5.28. The van der Waals surface area contributed by atoms with Gasteiger partial charge >= 0.3 is 0 Å². The minimum atomic E-state index is -0.522. The third-order valence-corrected chi connectivity index (χ3v) is 3.18. The van der Waals surface area contributed by atoms with Crippen LogP contribution < -0.4 is 5.32 Å². The zero-order valence-electron chi connectivity index (χ0n) is 8.82. The van der Waals surface area contributed by atoms with Crippen molar-refractivity contribution in [2.45, 2.75) is 38.3 Å². The largest absolute Gasteiger partial charge is 0.307 e. The maximum absolute atomic E-state index is 13.3. The van der Waals surface area contributed by atoms with Gasteiger partial charge in [-0.05, 0) is 32.3 Å². The van der Waals surface area contributed by atoms with Crippen molar-refractivity contribution in [3.05, 3.63) is 35.4 Å². The van der Waals surface area contributed by atoms with Crippen LogP contribution in [0, 0.1) is 11.6 Å². The van der Waals surface area contributed by atoms with E-state index < -0.39 is 11.6 Å². The Kier molecular flexibility index (Phi) is 2.74. The number of halogens is 2. The summed E-state index contributed by atoms with van der Waals surface area (Å²) in [5.74, 6) is -0.989. The Morgan fingerprint density at radius 2 is 2.07 bits per heavy atom. The highest BCUT2D eigenvalue weighted by Gasteiger charge is 2.30. The molecule has 0 spiro atoms. The lowest BCUT2D eigenvalue weighted by Crippen LogP contribution is -2.47. The predicted molar refractivity (Wildman–Crippen MR) is 55.5 cm³/mol. The minimum Gasteiger partial charge on any atom is -0.307 e. The predicted octanol–water partition coefficient (Wildman–Crippen LogP) is 3.00. The summed E-state index contributed by atoms with van der Waals surface area (Å²) in [6.07, 6.45) is 3.50. The molecule has 1 aliphatic rings. The van der Waals surface area contributed by atoms with Crippen molar-refractivity contribution in [3.63, 3.8) is 0 Å². The summed E-state index contributed by atoms with van der Waals surface area (Å²) in [4.78, 5) is 0. The molecule has 2 rings (SSSR count). The Hall–Kier alpha value is -0.960. The van der Waals surface area contributed by atoms with Gasteiger partial charge in [0.1, 0.15) is 11.6 Å². The Labute approximate surface area is 88.5 Å². The lowest BCUT2D eigenvalue weighted by molar-refractivity contribution is 0.206. The van der Waals surface area contributed by atoms with Crippen LogP contribution in [0.2, 0.25) is 0 Å². The lowest BCUT2D eigenvalue weighted by Gasteiger charge is -2.39. The molecule has 0 radical (unpaired) electrons. The van der Waals surface area contributed by atoms with Gasteiger partial charge in [-0.3, -0.25) is 0 Å². The minimum absolute atomic E-state index is 0.154. The van der Waals surface area contributed by atoms with Crippen molar-refractivity contribution < 1.29 is 8.78 Å². The number of nitrogens with one attached hydrogen (secondary N) is 1. The Balaban J connectivity index is 1.98. The molecule has 0 atom stereocenters. The molecule has 82 valence electrons. The summed E-state index contributed by atoms with van der Waals surface area (Å²) in [7, 11) is 0. The van der Waals surface area contributed by atoms with E-state index >= 15 is 0 Å². The quantitative estimate of drug-likeness (QED) is 0.810. The third-order valence-electron chi connectivity index (χ3n) is 3.18. The Morgan fingerprint density at radius 1 is 1.33 bits per heavy atom. The molecule has 0 aromatic heterocycles. The van der Waals surface area contributed by atoms with Crippen LogP contribution in [0.4, 0.5) is 8.78 Å². The molecule has 0 amide bonds. The highest BCUT2D eigenvalue weighted by Crippen LogP contribution is 2.31. The first kappa shape index (κ1) is 10.6. The van der Waals surface area contributed by atoms with E-state index in [-0.39, 0.29) is 5.54 Å². The summed E-state index contributed by atoms with van der Waals surface area (Å²) in [6.45, 7) is 2.61. The van der Waals surface area contributed by atoms with Crippen LogP contribution in [0.15, 0.2) is 18.2 Å². The van der Waals surface area contributed by atoms with Gasteiger partial charge in [-0.2, -0.15) is 0 Å². The van der Waals surface area contributed by atoms with E-state index in [0.29, 0.717) is 12.1 Å². The van der Waals surface area contributed by atoms with Gasteiger partial charge in [-0.15, -0.1) is 0 Å². The molecule has 1 fully saturated rings. The smallest absolute Gasteiger partial charge is 0.130 e. The van der Waals surface area contributed by atoms with Crippen LogP contribution in [0.3, 0.4) is 0 Å². The van der Waals surface area contributed by atoms with Crippen LogP contribution in [0.1, 0.15) is 31.7 Å². The van der Waals surface area contributed by atoms with Gasteiger partial charge in [0.15, 0.2) is 0 Å². The molecule has 0 aliphatic heterocycles. The van der Waals surface area contributed by atoms with E-state index in [0.717, 1.165) is 18.9 Å². The highest BCUT2D eigenvalue weighted by molar-refractivity contribution is 5.18. The Morgan fingerprint density at radius 3 is 2.60 bits per heavy atom. The van der Waals surface area contributed by atoms with Crippen molar-refractivity contribution in [2.24, 2.45) is 0 Å². The molecular formula is C12H15F2N. The number of benzene rings is 1. The van der Waals surface area contributed by atoms with Gasteiger partial charge in [-0.1, -0.05) is 6.07 Å². The van der Waals surface area contributed by atoms with Crippen molar-refractivity contribution in [3.8, 4) is 0 Å². The lowest BCUT2D eigenvalue weighted by atomic mass is 9.78. The first-order valence-electron chi connectivity index (χ1n) is 5.28. The normalized spacial score (nSPS) is 18.6. The average molecular weight is 211 g/mol. The van der Waals surface area contributed by atoms with E-state index in [9.17, 15) is 8.78 Å². The van der Waals surface area contributed by atoms with Crippen molar-refractivity contribution in [1.29, 1.82) is 0 Å². The fourth-order valence-electron chi connectivity index (χ4n) is 1.86. The Bertz CT molecular complexity index is 359. The number of hydrogen-bond donors (Lipinski definition) is 1. The zero-order chi connectivity index (χ0) is 10.9. The molecule has 3 heteroatoms. The molecule has 1 aliphatic carbocycles. The SMILES string of the molecule is CC1(NCc2ccc(F)cc2F)CCC1.